The summed E-state index contributed by atoms with van der Waals surface area (Å²) in [6.45, 7) is 11.8. The molecule has 6 heterocycles. The second-order valence-corrected chi connectivity index (χ2v) is 13.9. The first-order chi connectivity index (χ1) is 26.6. The molecular weight excluding hydrogens is 745 g/mol. The first kappa shape index (κ1) is 38.7. The van der Waals surface area contributed by atoms with E-state index >= 15 is 0 Å². The van der Waals surface area contributed by atoms with E-state index in [1.807, 2.05) is 63.0 Å². The van der Waals surface area contributed by atoms with Crippen molar-refractivity contribution < 1.29 is 33.0 Å². The number of fused-ring (bicyclic) bond motifs is 2. The highest BCUT2D eigenvalue weighted by Gasteiger charge is 2.20. The molecule has 0 bridgehead atoms. The van der Waals surface area contributed by atoms with Crippen LogP contribution >= 0.6 is 22.7 Å². The molecule has 0 unspecified atom stereocenters. The lowest BCUT2D eigenvalue weighted by Gasteiger charge is -2.27. The van der Waals surface area contributed by atoms with Gasteiger partial charge >= 0.3 is 5.97 Å². The maximum absolute atomic E-state index is 12.6. The van der Waals surface area contributed by atoms with Crippen molar-refractivity contribution >= 4 is 78.3 Å². The van der Waals surface area contributed by atoms with E-state index < -0.39 is 5.97 Å². The van der Waals surface area contributed by atoms with Gasteiger partial charge in [-0.25, -0.2) is 4.79 Å². The number of rotatable bonds is 7. The average molecular weight is 783 g/mol. The minimum atomic E-state index is -0.981. The largest absolute Gasteiger partial charge is 0.478 e. The number of carboxylic acids is 1. The Kier molecular flexibility index (Phi) is 12.6. The Bertz CT molecular complexity index is 2450. The fourth-order valence-electron chi connectivity index (χ4n) is 5.80. The van der Waals surface area contributed by atoms with Gasteiger partial charge in [0, 0.05) is 77.6 Å². The van der Waals surface area contributed by atoms with E-state index in [0.29, 0.717) is 83.2 Å². The van der Waals surface area contributed by atoms with Gasteiger partial charge in [-0.3, -0.25) is 14.4 Å². The number of carbonyl (C=O) groups is 2. The molecule has 2 aromatic carbocycles. The Labute approximate surface area is 323 Å². The van der Waals surface area contributed by atoms with E-state index in [1.54, 1.807) is 18.2 Å². The van der Waals surface area contributed by atoms with Gasteiger partial charge in [0.2, 0.25) is 16.8 Å². The normalized spacial score (nSPS) is 14.0. The Morgan fingerprint density at radius 3 is 1.65 bits per heavy atom. The van der Waals surface area contributed by atoms with Crippen LogP contribution in [-0.2, 0) is 19.1 Å². The zero-order valence-corrected chi connectivity index (χ0v) is 31.3. The predicted molar refractivity (Wildman–Crippen MR) is 219 cm³/mol. The van der Waals surface area contributed by atoms with Crippen molar-refractivity contribution in [3.8, 4) is 22.3 Å². The van der Waals surface area contributed by atoms with Crippen molar-refractivity contribution in [2.75, 3.05) is 73.5 Å². The minimum absolute atomic E-state index is 0.00658. The minimum Gasteiger partial charge on any atom is -0.478 e. The first-order valence-electron chi connectivity index (χ1n) is 17.2. The molecule has 13 nitrogen and oxygen atoms in total. The Morgan fingerprint density at radius 1 is 0.727 bits per heavy atom. The van der Waals surface area contributed by atoms with Gasteiger partial charge in [0.1, 0.15) is 9.40 Å². The molecule has 0 aliphatic carbocycles. The number of thiophene rings is 2. The second-order valence-electron chi connectivity index (χ2n) is 12.2. The van der Waals surface area contributed by atoms with Crippen LogP contribution in [-0.4, -0.2) is 69.6 Å². The standard InChI is InChI=1S/C20H18N2O4S.C17H16N2O3S.C3H4O2/c1-2-17(24)21-14-5-3-4-13(10-14)15-12-27-20-16(23)11-18(26-19(15)20)22-6-8-25-9-7-22;18-12-3-1-2-11(8-12)13-10-23-17-14(20)9-15(22-16(13)17)19-4-6-21-7-5-19;1-2-3(4)5/h2-5,10-12H,1,6-9H2,(H,21,24);1-3,8-10H,4-7,18H2;2H,1H2,(H,4,5). The molecule has 2 aliphatic heterocycles. The van der Waals surface area contributed by atoms with Gasteiger partial charge in [0.05, 0.1) is 26.4 Å². The fraction of sp³-hybridized carbons (Fsp3) is 0.200. The van der Waals surface area contributed by atoms with E-state index in [1.165, 1.54) is 28.7 Å². The molecule has 6 aromatic rings. The number of aliphatic carboxylic acids is 1. The summed E-state index contributed by atoms with van der Waals surface area (Å²) in [5.41, 5.74) is 11.9. The molecule has 0 radical (unpaired) electrons. The van der Waals surface area contributed by atoms with E-state index in [-0.39, 0.29) is 16.8 Å². The van der Waals surface area contributed by atoms with Crippen LogP contribution in [0.3, 0.4) is 0 Å². The lowest BCUT2D eigenvalue weighted by Crippen LogP contribution is -2.36. The van der Waals surface area contributed by atoms with Gasteiger partial charge in [-0.05, 0) is 41.5 Å². The lowest BCUT2D eigenvalue weighted by molar-refractivity contribution is -0.131. The van der Waals surface area contributed by atoms with E-state index in [9.17, 15) is 19.2 Å². The fourth-order valence-corrected chi connectivity index (χ4v) is 7.63. The van der Waals surface area contributed by atoms with Gasteiger partial charge in [-0.15, -0.1) is 22.7 Å². The van der Waals surface area contributed by atoms with Crippen LogP contribution in [0, 0.1) is 0 Å². The number of anilines is 4. The number of nitrogens with two attached hydrogens (primary N) is 1. The van der Waals surface area contributed by atoms with Crippen molar-refractivity contribution in [2.24, 2.45) is 0 Å². The van der Waals surface area contributed by atoms with Crippen LogP contribution in [0.25, 0.3) is 42.8 Å². The SMILES string of the molecule is C=CC(=O)Nc1cccc(-c2csc3c(=O)cc(N4CCOCC4)oc23)c1.C=CC(=O)O.Nc1cccc(-c2csc3c(=O)cc(N4CCOCC4)oc23)c1. The summed E-state index contributed by atoms with van der Waals surface area (Å²) in [6, 6.07) is 18.2. The third kappa shape index (κ3) is 9.39. The molecule has 2 saturated heterocycles. The molecule has 0 atom stereocenters. The Balaban J connectivity index is 0.000000168. The predicted octanol–water partition coefficient (Wildman–Crippen LogP) is 6.68. The number of benzene rings is 2. The summed E-state index contributed by atoms with van der Waals surface area (Å²) in [6.07, 6.45) is 2.06. The molecule has 15 heteroatoms. The summed E-state index contributed by atoms with van der Waals surface area (Å²) in [5, 5.41) is 14.2. The molecule has 4 aromatic heterocycles. The topological polar surface area (TPSA) is 178 Å². The Morgan fingerprint density at radius 2 is 1.20 bits per heavy atom. The summed E-state index contributed by atoms with van der Waals surface area (Å²) >= 11 is 2.77. The lowest BCUT2D eigenvalue weighted by atomic mass is 10.1. The van der Waals surface area contributed by atoms with Crippen molar-refractivity contribution in [2.45, 2.75) is 0 Å². The van der Waals surface area contributed by atoms with Crippen LogP contribution < -0.4 is 31.7 Å². The van der Waals surface area contributed by atoms with Crippen LogP contribution in [0.2, 0.25) is 0 Å². The van der Waals surface area contributed by atoms with Crippen LogP contribution in [0.15, 0.2) is 115 Å². The summed E-state index contributed by atoms with van der Waals surface area (Å²) < 4.78 is 24.2. The number of nitrogens with one attached hydrogen (secondary N) is 1. The number of nitrogen functional groups attached to an aromatic ring is 1. The molecule has 284 valence electrons. The monoisotopic (exact) mass is 782 g/mol. The maximum Gasteiger partial charge on any atom is 0.327 e. The first-order valence-corrected chi connectivity index (χ1v) is 18.9. The molecule has 4 N–H and O–H groups in total. The highest BCUT2D eigenvalue weighted by Crippen LogP contribution is 2.37. The molecule has 2 aliphatic rings. The number of nitrogens with zero attached hydrogens (tertiary/aromatic N) is 2. The van der Waals surface area contributed by atoms with Crippen LogP contribution in [0.5, 0.6) is 0 Å². The van der Waals surface area contributed by atoms with Gasteiger partial charge in [0.15, 0.2) is 22.9 Å². The molecule has 55 heavy (non-hydrogen) atoms. The molecule has 2 fully saturated rings. The summed E-state index contributed by atoms with van der Waals surface area (Å²) in [5.74, 6) is -0.0885. The van der Waals surface area contributed by atoms with Crippen LogP contribution in [0.4, 0.5) is 23.1 Å². The number of hydrogen-bond donors (Lipinski definition) is 3. The zero-order valence-electron chi connectivity index (χ0n) is 29.7. The number of amides is 1. The van der Waals surface area contributed by atoms with E-state index in [2.05, 4.69) is 18.5 Å². The summed E-state index contributed by atoms with van der Waals surface area (Å²) in [4.78, 5) is 49.9. The smallest absolute Gasteiger partial charge is 0.327 e. The number of ether oxygens (including phenoxy) is 2. The van der Waals surface area contributed by atoms with Gasteiger partial charge in [-0.1, -0.05) is 37.4 Å². The van der Waals surface area contributed by atoms with Crippen molar-refractivity contribution in [3.63, 3.8) is 0 Å². The number of hydrogen-bond acceptors (Lipinski definition) is 13. The van der Waals surface area contributed by atoms with Gasteiger partial charge in [0.25, 0.3) is 0 Å². The van der Waals surface area contributed by atoms with Gasteiger partial charge < -0.3 is 44.3 Å². The zero-order chi connectivity index (χ0) is 38.9. The average Bonchev–Trinajstić information content (AvgIpc) is 3.85. The Hall–Kier alpha value is -6.00. The second kappa shape index (κ2) is 17.9. The van der Waals surface area contributed by atoms with Crippen molar-refractivity contribution in [3.05, 3.63) is 117 Å². The molecule has 0 spiro atoms. The number of morpholine rings is 2. The third-order valence-electron chi connectivity index (χ3n) is 8.51. The summed E-state index contributed by atoms with van der Waals surface area (Å²) in [7, 11) is 0. The number of carboxylic acid groups (broad SMARTS) is 1. The molecular formula is C40H38N4O9S2. The molecule has 8 rings (SSSR count). The van der Waals surface area contributed by atoms with Crippen LogP contribution in [0.1, 0.15) is 0 Å². The highest BCUT2D eigenvalue weighted by atomic mass is 32.1. The number of carbonyl (C=O) groups excluding carboxylic acids is 1. The quantitative estimate of drug-likeness (QED) is 0.116. The van der Waals surface area contributed by atoms with E-state index in [4.69, 9.17) is 29.1 Å². The molecule has 1 amide bonds. The van der Waals surface area contributed by atoms with E-state index in [0.717, 1.165) is 41.4 Å². The van der Waals surface area contributed by atoms with Crippen molar-refractivity contribution in [1.29, 1.82) is 0 Å². The van der Waals surface area contributed by atoms with Crippen molar-refractivity contribution in [1.82, 2.24) is 0 Å². The highest BCUT2D eigenvalue weighted by molar-refractivity contribution is 7.18. The maximum atomic E-state index is 12.6. The van der Waals surface area contributed by atoms with Gasteiger partial charge in [-0.2, -0.15) is 0 Å². The third-order valence-corrected chi connectivity index (χ3v) is 10.5. The molecule has 0 saturated carbocycles.